The molecule has 0 unspecified atom stereocenters. The van der Waals surface area contributed by atoms with Crippen molar-refractivity contribution in [2.24, 2.45) is 0 Å². The van der Waals surface area contributed by atoms with Gasteiger partial charge in [-0.2, -0.15) is 0 Å². The highest BCUT2D eigenvalue weighted by Gasteiger charge is 2.20. The van der Waals surface area contributed by atoms with Gasteiger partial charge >= 0.3 is 0 Å². The molecule has 25 heavy (non-hydrogen) atoms. The topological polar surface area (TPSA) is 23.9 Å². The van der Waals surface area contributed by atoms with E-state index in [1.807, 2.05) is 30.3 Å². The Labute approximate surface area is 148 Å². The maximum absolute atomic E-state index is 8.93. The first-order chi connectivity index (χ1) is 12.2. The van der Waals surface area contributed by atoms with Crippen molar-refractivity contribution in [3.63, 3.8) is 0 Å². The second kappa shape index (κ2) is 6.18. The van der Waals surface area contributed by atoms with E-state index in [1.165, 1.54) is 27.7 Å². The number of nitrogens with one attached hydrogen (secondary N) is 1. The van der Waals surface area contributed by atoms with Crippen LogP contribution in [0.1, 0.15) is 37.0 Å². The van der Waals surface area contributed by atoms with E-state index in [-0.39, 0.29) is 0 Å². The van der Waals surface area contributed by atoms with Crippen LogP contribution in [0.4, 0.5) is 0 Å². The van der Waals surface area contributed by atoms with Crippen molar-refractivity contribution in [3.8, 4) is 0 Å². The van der Waals surface area contributed by atoms with Crippen molar-refractivity contribution >= 4 is 22.1 Å². The van der Waals surface area contributed by atoms with Crippen molar-refractivity contribution in [3.05, 3.63) is 101 Å². The van der Waals surface area contributed by atoms with Gasteiger partial charge in [-0.1, -0.05) is 78.4 Å². The van der Waals surface area contributed by atoms with Crippen LogP contribution < -0.4 is 0 Å². The molecule has 0 aliphatic heterocycles. The number of rotatable bonds is 3. The highest BCUT2D eigenvalue weighted by Crippen LogP contribution is 2.37. The third-order valence-electron chi connectivity index (χ3n) is 5.22. The molecule has 1 N–H and O–H groups in total. The molecule has 4 rings (SSSR count). The minimum Gasteiger partial charge on any atom is -0.300 e. The Balaban J connectivity index is 2.00. The Morgan fingerprint density at radius 3 is 2.28 bits per heavy atom. The van der Waals surface area contributed by atoms with Crippen molar-refractivity contribution in [2.75, 3.05) is 0 Å². The van der Waals surface area contributed by atoms with Gasteiger partial charge in [-0.05, 0) is 47.8 Å². The zero-order chi connectivity index (χ0) is 17.4. The molecule has 0 saturated carbocycles. The lowest BCUT2D eigenvalue weighted by Crippen LogP contribution is -2.06. The van der Waals surface area contributed by atoms with Gasteiger partial charge < -0.3 is 0 Å². The second-order valence-electron chi connectivity index (χ2n) is 6.65. The zero-order valence-electron chi connectivity index (χ0n) is 14.6. The summed E-state index contributed by atoms with van der Waals surface area (Å²) in [7, 11) is 0. The van der Waals surface area contributed by atoms with Gasteiger partial charge in [0.1, 0.15) is 0 Å². The van der Waals surface area contributed by atoms with Gasteiger partial charge in [0.15, 0.2) is 0 Å². The summed E-state index contributed by atoms with van der Waals surface area (Å²) < 4.78 is 0. The second-order valence-corrected chi connectivity index (χ2v) is 6.65. The van der Waals surface area contributed by atoms with Crippen LogP contribution in [0.15, 0.2) is 84.0 Å². The van der Waals surface area contributed by atoms with E-state index in [1.54, 1.807) is 0 Å². The molecule has 3 aromatic rings. The number of benzene rings is 3. The predicted octanol–water partition coefficient (Wildman–Crippen LogP) is 6.38. The van der Waals surface area contributed by atoms with Crippen molar-refractivity contribution < 1.29 is 0 Å². The fourth-order valence-electron chi connectivity index (χ4n) is 3.65. The van der Waals surface area contributed by atoms with E-state index < -0.39 is 0 Å². The smallest absolute Gasteiger partial charge is 0.0696 e. The van der Waals surface area contributed by atoms with Crippen LogP contribution in [0.3, 0.4) is 0 Å². The van der Waals surface area contributed by atoms with Gasteiger partial charge in [0, 0.05) is 11.1 Å². The summed E-state index contributed by atoms with van der Waals surface area (Å²) in [6, 6.07) is 22.8. The molecule has 0 radical (unpaired) electrons. The summed E-state index contributed by atoms with van der Waals surface area (Å²) in [5, 5.41) is 11.3. The van der Waals surface area contributed by atoms with E-state index in [2.05, 4.69) is 56.3 Å². The molecule has 122 valence electrons. The molecule has 0 atom stereocenters. The van der Waals surface area contributed by atoms with Crippen molar-refractivity contribution in [1.82, 2.24) is 0 Å². The fraction of sp³-hybridized carbons (Fsp3) is 0.125. The van der Waals surface area contributed by atoms with Gasteiger partial charge in [0.05, 0.1) is 5.71 Å². The highest BCUT2D eigenvalue weighted by atomic mass is 14.4. The monoisotopic (exact) mass is 323 g/mol. The molecule has 1 aliphatic rings. The Kier molecular flexibility index (Phi) is 3.85. The average molecular weight is 323 g/mol. The van der Waals surface area contributed by atoms with Crippen molar-refractivity contribution in [1.29, 1.82) is 5.41 Å². The van der Waals surface area contributed by atoms with E-state index in [9.17, 15) is 0 Å². The quantitative estimate of drug-likeness (QED) is 0.541. The van der Waals surface area contributed by atoms with Crippen LogP contribution in [-0.2, 0) is 0 Å². The molecule has 1 aliphatic carbocycles. The lowest BCUT2D eigenvalue weighted by molar-refractivity contribution is 1.38. The third kappa shape index (κ3) is 2.62. The average Bonchev–Trinajstić information content (AvgIpc) is 3.00. The minimum absolute atomic E-state index is 0.595. The SMILES string of the molecule is CC1=CCC(c2ccc3ccccc3c2C(=N)c2ccccc2)=C1C. The molecule has 0 amide bonds. The lowest BCUT2D eigenvalue weighted by atomic mass is 9.87. The van der Waals surface area contributed by atoms with Gasteiger partial charge in [0.2, 0.25) is 0 Å². The van der Waals surface area contributed by atoms with E-state index in [0.717, 1.165) is 22.9 Å². The largest absolute Gasteiger partial charge is 0.300 e. The van der Waals surface area contributed by atoms with Crippen LogP contribution in [0.2, 0.25) is 0 Å². The molecular formula is C24H21N. The molecule has 0 saturated heterocycles. The van der Waals surface area contributed by atoms with Crippen LogP contribution in [0.25, 0.3) is 16.3 Å². The molecule has 0 aromatic heterocycles. The normalized spacial score (nSPS) is 14.1. The maximum atomic E-state index is 8.93. The highest BCUT2D eigenvalue weighted by molar-refractivity contribution is 6.20. The van der Waals surface area contributed by atoms with Crippen LogP contribution >= 0.6 is 0 Å². The summed E-state index contributed by atoms with van der Waals surface area (Å²) in [5.41, 5.74) is 7.83. The Morgan fingerprint density at radius 1 is 0.840 bits per heavy atom. The number of fused-ring (bicyclic) bond motifs is 1. The van der Waals surface area contributed by atoms with Gasteiger partial charge in [-0.15, -0.1) is 0 Å². The van der Waals surface area contributed by atoms with E-state index >= 15 is 0 Å². The fourth-order valence-corrected chi connectivity index (χ4v) is 3.65. The standard InChI is InChI=1S/C24H21N/c1-16-12-14-20(17(16)2)22-15-13-18-8-6-7-11-21(18)23(22)24(25)19-9-4-3-5-10-19/h3-13,15,25H,14H2,1-2H3. The minimum atomic E-state index is 0.595. The number of allylic oxidation sites excluding steroid dienone is 4. The van der Waals surface area contributed by atoms with Crippen LogP contribution in [0, 0.1) is 5.41 Å². The predicted molar refractivity (Wildman–Crippen MR) is 107 cm³/mol. The van der Waals surface area contributed by atoms with Crippen LogP contribution in [-0.4, -0.2) is 5.71 Å². The summed E-state index contributed by atoms with van der Waals surface area (Å²) >= 11 is 0. The summed E-state index contributed by atoms with van der Waals surface area (Å²) in [6.45, 7) is 4.37. The first kappa shape index (κ1) is 15.6. The molecule has 0 heterocycles. The van der Waals surface area contributed by atoms with Crippen molar-refractivity contribution in [2.45, 2.75) is 20.3 Å². The first-order valence-corrected chi connectivity index (χ1v) is 8.70. The van der Waals surface area contributed by atoms with Gasteiger partial charge in [0.25, 0.3) is 0 Å². The third-order valence-corrected chi connectivity index (χ3v) is 5.22. The molecule has 0 fully saturated rings. The summed E-state index contributed by atoms with van der Waals surface area (Å²) in [4.78, 5) is 0. The zero-order valence-corrected chi connectivity index (χ0v) is 14.6. The molecule has 3 aromatic carbocycles. The molecule has 1 heteroatoms. The van der Waals surface area contributed by atoms with E-state index in [0.29, 0.717) is 5.71 Å². The maximum Gasteiger partial charge on any atom is 0.0696 e. The number of hydrogen-bond donors (Lipinski definition) is 1. The summed E-state index contributed by atoms with van der Waals surface area (Å²) in [5.74, 6) is 0. The molecule has 0 spiro atoms. The summed E-state index contributed by atoms with van der Waals surface area (Å²) in [6.07, 6.45) is 3.24. The molecule has 1 nitrogen and oxygen atoms in total. The van der Waals surface area contributed by atoms with Gasteiger partial charge in [-0.25, -0.2) is 0 Å². The Morgan fingerprint density at radius 2 is 1.56 bits per heavy atom. The van der Waals surface area contributed by atoms with Crippen LogP contribution in [0.5, 0.6) is 0 Å². The lowest BCUT2D eigenvalue weighted by Gasteiger charge is -2.17. The molecule has 0 bridgehead atoms. The van der Waals surface area contributed by atoms with Gasteiger partial charge in [-0.3, -0.25) is 5.41 Å². The Bertz CT molecular complexity index is 1040. The first-order valence-electron chi connectivity index (χ1n) is 8.70. The van der Waals surface area contributed by atoms with E-state index in [4.69, 9.17) is 5.41 Å². The number of hydrogen-bond acceptors (Lipinski definition) is 1. The Hall–Kier alpha value is -2.93. The molecular weight excluding hydrogens is 302 g/mol.